The molecule has 1 aliphatic heterocycles. The maximum atomic E-state index is 5.66. The van der Waals surface area contributed by atoms with Crippen LogP contribution < -0.4 is 16.4 Å². The Morgan fingerprint density at radius 1 is 1.12 bits per heavy atom. The summed E-state index contributed by atoms with van der Waals surface area (Å²) in [7, 11) is 2.13. The van der Waals surface area contributed by atoms with E-state index in [0.717, 1.165) is 38.4 Å². The highest BCUT2D eigenvalue weighted by atomic mass is 15.3. The summed E-state index contributed by atoms with van der Waals surface area (Å²) in [5.74, 6) is 1.51. The summed E-state index contributed by atoms with van der Waals surface area (Å²) in [5.41, 5.74) is 11.3. The van der Waals surface area contributed by atoms with Gasteiger partial charge in [0.1, 0.15) is 11.6 Å². The van der Waals surface area contributed by atoms with Gasteiger partial charge in [0.2, 0.25) is 5.95 Å². The van der Waals surface area contributed by atoms with Crippen LogP contribution in [-0.4, -0.2) is 48.1 Å². The van der Waals surface area contributed by atoms with Gasteiger partial charge in [-0.15, -0.1) is 0 Å². The van der Waals surface area contributed by atoms with E-state index in [-0.39, 0.29) is 5.95 Å². The van der Waals surface area contributed by atoms with E-state index in [2.05, 4.69) is 26.8 Å². The van der Waals surface area contributed by atoms with Crippen LogP contribution >= 0.6 is 0 Å². The van der Waals surface area contributed by atoms with Crippen LogP contribution in [0, 0.1) is 0 Å². The van der Waals surface area contributed by atoms with Gasteiger partial charge in [0.25, 0.3) is 0 Å². The molecule has 1 fully saturated rings. The molecule has 88 valence electrons. The first-order valence-corrected chi connectivity index (χ1v) is 5.48. The number of hydrogen-bond donors (Lipinski definition) is 2. The summed E-state index contributed by atoms with van der Waals surface area (Å²) >= 11 is 0. The van der Waals surface area contributed by atoms with Crippen molar-refractivity contribution in [3.8, 4) is 0 Å². The number of likely N-dealkylation sites (N-methyl/N-ethyl adjacent to an activating group) is 1. The van der Waals surface area contributed by atoms with Gasteiger partial charge in [-0.05, 0) is 20.0 Å². The second kappa shape index (κ2) is 4.52. The minimum absolute atomic E-state index is 0.243. The normalized spacial score (nSPS) is 18.4. The minimum atomic E-state index is 0.243. The van der Waals surface area contributed by atoms with E-state index in [1.165, 1.54) is 0 Å². The molecule has 1 aliphatic rings. The van der Waals surface area contributed by atoms with Gasteiger partial charge in [-0.25, -0.2) is 0 Å². The van der Waals surface area contributed by atoms with Gasteiger partial charge in [-0.3, -0.25) is 0 Å². The molecule has 6 heteroatoms. The molecule has 0 atom stereocenters. The highest BCUT2D eigenvalue weighted by molar-refractivity contribution is 5.50. The summed E-state index contributed by atoms with van der Waals surface area (Å²) in [5, 5.41) is 0. The molecule has 0 aromatic carbocycles. The number of rotatable bonds is 1. The Labute approximate surface area is 95.3 Å². The molecule has 2 rings (SSSR count). The second-order valence-corrected chi connectivity index (χ2v) is 4.15. The molecule has 0 spiro atoms. The van der Waals surface area contributed by atoms with Gasteiger partial charge < -0.3 is 21.3 Å². The summed E-state index contributed by atoms with van der Waals surface area (Å²) in [6.07, 6.45) is 1.13. The predicted molar refractivity (Wildman–Crippen MR) is 65.2 cm³/mol. The third-order valence-corrected chi connectivity index (χ3v) is 2.79. The molecule has 1 aromatic rings. The lowest BCUT2D eigenvalue weighted by molar-refractivity contribution is 0.360. The molecule has 1 saturated heterocycles. The molecular weight excluding hydrogens is 204 g/mol. The van der Waals surface area contributed by atoms with E-state index in [4.69, 9.17) is 11.5 Å². The van der Waals surface area contributed by atoms with Crippen molar-refractivity contribution in [2.75, 3.05) is 49.6 Å². The van der Waals surface area contributed by atoms with Gasteiger partial charge in [-0.1, -0.05) is 0 Å². The number of anilines is 3. The van der Waals surface area contributed by atoms with Crippen LogP contribution in [0.1, 0.15) is 6.42 Å². The number of nitrogen functional groups attached to an aromatic ring is 2. The molecule has 0 aliphatic carbocycles. The number of nitrogens with two attached hydrogens (primary N) is 2. The largest absolute Gasteiger partial charge is 0.383 e. The van der Waals surface area contributed by atoms with E-state index in [9.17, 15) is 0 Å². The quantitative estimate of drug-likeness (QED) is 0.683. The molecule has 1 aromatic heterocycles. The Balaban J connectivity index is 2.16. The van der Waals surface area contributed by atoms with Gasteiger partial charge >= 0.3 is 0 Å². The lowest BCUT2D eigenvalue weighted by Crippen LogP contribution is -2.29. The molecule has 0 unspecified atom stereocenters. The molecule has 0 bridgehead atoms. The van der Waals surface area contributed by atoms with Crippen molar-refractivity contribution in [3.63, 3.8) is 0 Å². The number of aromatic nitrogens is 2. The fraction of sp³-hybridized carbons (Fsp3) is 0.600. The molecule has 4 N–H and O–H groups in total. The molecule has 2 heterocycles. The first-order chi connectivity index (χ1) is 7.65. The van der Waals surface area contributed by atoms with Gasteiger partial charge in [0.15, 0.2) is 0 Å². The third kappa shape index (κ3) is 2.52. The highest BCUT2D eigenvalue weighted by Crippen LogP contribution is 2.16. The Hall–Kier alpha value is -1.56. The topological polar surface area (TPSA) is 84.3 Å². The van der Waals surface area contributed by atoms with E-state index < -0.39 is 0 Å². The highest BCUT2D eigenvalue weighted by Gasteiger charge is 2.14. The van der Waals surface area contributed by atoms with E-state index in [1.54, 1.807) is 6.07 Å². The standard InChI is InChI=1S/C10H18N6/c1-15-3-2-4-16(6-5-15)9-7-8(11)13-10(12)14-9/h7H,2-6H2,1H3,(H4,11,12,13,14). The monoisotopic (exact) mass is 222 g/mol. The molecule has 0 amide bonds. The maximum Gasteiger partial charge on any atom is 0.223 e. The van der Waals surface area contributed by atoms with Gasteiger partial charge in [0, 0.05) is 25.7 Å². The average Bonchev–Trinajstić information content (AvgIpc) is 2.41. The third-order valence-electron chi connectivity index (χ3n) is 2.79. The molecule has 0 saturated carbocycles. The number of nitrogens with zero attached hydrogens (tertiary/aromatic N) is 4. The van der Waals surface area contributed by atoms with Crippen molar-refractivity contribution in [1.82, 2.24) is 14.9 Å². The maximum absolute atomic E-state index is 5.66. The Morgan fingerprint density at radius 2 is 1.94 bits per heavy atom. The van der Waals surface area contributed by atoms with E-state index >= 15 is 0 Å². The summed E-state index contributed by atoms with van der Waals surface area (Å²) in [6, 6.07) is 1.78. The summed E-state index contributed by atoms with van der Waals surface area (Å²) in [4.78, 5) is 12.6. The van der Waals surface area contributed by atoms with Crippen LogP contribution in [0.3, 0.4) is 0 Å². The second-order valence-electron chi connectivity index (χ2n) is 4.15. The van der Waals surface area contributed by atoms with Crippen molar-refractivity contribution in [1.29, 1.82) is 0 Å². The molecule has 0 radical (unpaired) electrons. The Kier molecular flexibility index (Phi) is 3.09. The van der Waals surface area contributed by atoms with Gasteiger partial charge in [0.05, 0.1) is 0 Å². The summed E-state index contributed by atoms with van der Waals surface area (Å²) < 4.78 is 0. The van der Waals surface area contributed by atoms with Crippen LogP contribution in [-0.2, 0) is 0 Å². The molecule has 6 nitrogen and oxygen atoms in total. The van der Waals surface area contributed by atoms with Crippen molar-refractivity contribution >= 4 is 17.6 Å². The van der Waals surface area contributed by atoms with Crippen LogP contribution in [0.15, 0.2) is 6.07 Å². The predicted octanol–water partition coefficient (Wildman–Crippen LogP) is -0.217. The van der Waals surface area contributed by atoms with Crippen LogP contribution in [0.5, 0.6) is 0 Å². The van der Waals surface area contributed by atoms with Crippen molar-refractivity contribution in [2.24, 2.45) is 0 Å². The van der Waals surface area contributed by atoms with Crippen molar-refractivity contribution in [3.05, 3.63) is 6.07 Å². The molecule has 16 heavy (non-hydrogen) atoms. The van der Waals surface area contributed by atoms with Crippen LogP contribution in [0.4, 0.5) is 17.6 Å². The zero-order valence-electron chi connectivity index (χ0n) is 9.56. The molecular formula is C10H18N6. The van der Waals surface area contributed by atoms with E-state index in [0.29, 0.717) is 5.82 Å². The first kappa shape index (κ1) is 10.9. The minimum Gasteiger partial charge on any atom is -0.383 e. The first-order valence-electron chi connectivity index (χ1n) is 5.48. The lowest BCUT2D eigenvalue weighted by Gasteiger charge is -2.21. The van der Waals surface area contributed by atoms with E-state index in [1.807, 2.05) is 0 Å². The van der Waals surface area contributed by atoms with Crippen molar-refractivity contribution in [2.45, 2.75) is 6.42 Å². The van der Waals surface area contributed by atoms with Gasteiger partial charge in [-0.2, -0.15) is 9.97 Å². The Morgan fingerprint density at radius 3 is 2.69 bits per heavy atom. The number of hydrogen-bond acceptors (Lipinski definition) is 6. The Bertz CT molecular complexity index is 346. The van der Waals surface area contributed by atoms with Crippen LogP contribution in [0.2, 0.25) is 0 Å². The fourth-order valence-corrected chi connectivity index (χ4v) is 1.91. The smallest absolute Gasteiger partial charge is 0.223 e. The SMILES string of the molecule is CN1CCCN(c2cc(N)nc(N)n2)CC1. The zero-order chi connectivity index (χ0) is 11.5. The van der Waals surface area contributed by atoms with Crippen LogP contribution in [0.25, 0.3) is 0 Å². The fourth-order valence-electron chi connectivity index (χ4n) is 1.91. The summed E-state index contributed by atoms with van der Waals surface area (Å²) in [6.45, 7) is 4.09. The lowest BCUT2D eigenvalue weighted by atomic mass is 10.4. The van der Waals surface area contributed by atoms with Crippen molar-refractivity contribution < 1.29 is 0 Å². The average molecular weight is 222 g/mol. The zero-order valence-corrected chi connectivity index (χ0v) is 9.56.